The number of nitrogens with zero attached hydrogens (tertiary/aromatic N) is 3. The van der Waals surface area contributed by atoms with Gasteiger partial charge < -0.3 is 10.0 Å². The van der Waals surface area contributed by atoms with Crippen LogP contribution in [0, 0.1) is 0 Å². The number of benzene rings is 1. The third-order valence-electron chi connectivity index (χ3n) is 6.08. The second kappa shape index (κ2) is 9.35. The molecule has 1 aromatic heterocycles. The number of alkyl halides is 3. The minimum Gasteiger partial charge on any atom is -0.475 e. The number of rotatable bonds is 3. The van der Waals surface area contributed by atoms with E-state index in [1.54, 1.807) is 11.3 Å². The fraction of sp³-hybridized carbons (Fsp3) is 0.476. The lowest BCUT2D eigenvalue weighted by molar-refractivity contribution is -0.192. The van der Waals surface area contributed by atoms with Crippen LogP contribution in [0.4, 0.5) is 13.2 Å². The highest BCUT2D eigenvalue weighted by Gasteiger charge is 2.52. The Hall–Kier alpha value is -2.46. The number of likely N-dealkylation sites (tertiary alicyclic amines) is 2. The van der Waals surface area contributed by atoms with E-state index in [4.69, 9.17) is 9.90 Å². The van der Waals surface area contributed by atoms with Crippen LogP contribution in [0.15, 0.2) is 41.9 Å². The molecule has 0 bridgehead atoms. The summed E-state index contributed by atoms with van der Waals surface area (Å²) in [6, 6.07) is 10.6. The van der Waals surface area contributed by atoms with E-state index in [9.17, 15) is 18.0 Å². The van der Waals surface area contributed by atoms with E-state index in [1.807, 2.05) is 29.6 Å². The van der Waals surface area contributed by atoms with Crippen LogP contribution in [0.25, 0.3) is 0 Å². The number of carboxylic acid groups (broad SMARTS) is 1. The number of aromatic nitrogens is 1. The number of carboxylic acids is 1. The number of halogens is 3. The van der Waals surface area contributed by atoms with E-state index in [1.165, 1.54) is 10.6 Å². The average Bonchev–Trinajstić information content (AvgIpc) is 3.33. The number of thiazole rings is 1. The van der Waals surface area contributed by atoms with Gasteiger partial charge >= 0.3 is 12.1 Å². The van der Waals surface area contributed by atoms with Crippen molar-refractivity contribution in [2.45, 2.75) is 43.4 Å². The number of likely N-dealkylation sites (N-methyl/N-ethyl adjacent to an activating group) is 1. The maximum absolute atomic E-state index is 12.5. The lowest BCUT2D eigenvalue weighted by atomic mass is 9.74. The lowest BCUT2D eigenvalue weighted by Crippen LogP contribution is -2.53. The summed E-state index contributed by atoms with van der Waals surface area (Å²) >= 11 is 1.72. The van der Waals surface area contributed by atoms with Gasteiger partial charge in [0.15, 0.2) is 0 Å². The normalized spacial score (nSPS) is 21.1. The zero-order chi connectivity index (χ0) is 22.6. The van der Waals surface area contributed by atoms with E-state index in [0.29, 0.717) is 12.3 Å². The molecule has 31 heavy (non-hydrogen) atoms. The van der Waals surface area contributed by atoms with E-state index in [-0.39, 0.29) is 11.4 Å². The zero-order valence-corrected chi connectivity index (χ0v) is 17.8. The SMILES string of the molecule is CN1C(=O)CC(c2ccccc2)C12CCN(Cc1nccs1)CC2.O=C(O)C(F)(F)F. The molecule has 6 nitrogen and oxygen atoms in total. The molecule has 3 heterocycles. The number of piperidine rings is 1. The van der Waals surface area contributed by atoms with Crippen molar-refractivity contribution in [3.05, 3.63) is 52.5 Å². The molecule has 0 aliphatic carbocycles. The van der Waals surface area contributed by atoms with Crippen LogP contribution in [-0.2, 0) is 16.1 Å². The third-order valence-corrected chi connectivity index (χ3v) is 6.84. The standard InChI is InChI=1S/C19H23N3OS.C2HF3O2/c1-21-18(23)13-16(15-5-3-2-4-6-15)19(21)7-10-22(11-8-19)14-17-20-9-12-24-17;3-2(4,5)1(6)7/h2-6,9,12,16H,7-8,10-11,13-14H2,1H3;(H,6,7). The van der Waals surface area contributed by atoms with Gasteiger partial charge in [0, 0.05) is 44.1 Å². The van der Waals surface area contributed by atoms with Crippen LogP contribution < -0.4 is 0 Å². The summed E-state index contributed by atoms with van der Waals surface area (Å²) in [6.07, 6.45) is -0.479. The average molecular weight is 456 g/mol. The molecule has 1 N–H and O–H groups in total. The maximum Gasteiger partial charge on any atom is 0.490 e. The Balaban J connectivity index is 0.000000339. The Labute approximate surface area is 182 Å². The van der Waals surface area contributed by atoms with Gasteiger partial charge in [0.25, 0.3) is 0 Å². The molecule has 2 aliphatic heterocycles. The van der Waals surface area contributed by atoms with E-state index >= 15 is 0 Å². The summed E-state index contributed by atoms with van der Waals surface area (Å²) in [7, 11) is 2.00. The molecule has 2 aliphatic rings. The number of aliphatic carboxylic acids is 1. The van der Waals surface area contributed by atoms with Crippen molar-refractivity contribution >= 4 is 23.2 Å². The summed E-state index contributed by atoms with van der Waals surface area (Å²) in [5.41, 5.74) is 1.29. The molecule has 2 saturated heterocycles. The fourth-order valence-corrected chi connectivity index (χ4v) is 5.06. The minimum absolute atomic E-state index is 0.0161. The highest BCUT2D eigenvalue weighted by atomic mass is 32.1. The van der Waals surface area contributed by atoms with Crippen LogP contribution >= 0.6 is 11.3 Å². The molecule has 0 saturated carbocycles. The van der Waals surface area contributed by atoms with Crippen molar-refractivity contribution in [3.63, 3.8) is 0 Å². The Bertz CT molecular complexity index is 882. The molecule has 2 fully saturated rings. The van der Waals surface area contributed by atoms with Crippen molar-refractivity contribution in [2.24, 2.45) is 0 Å². The van der Waals surface area contributed by atoms with Gasteiger partial charge in [-0.15, -0.1) is 11.3 Å². The summed E-state index contributed by atoms with van der Waals surface area (Å²) in [5.74, 6) is -2.15. The Kier molecular flexibility index (Phi) is 7.00. The second-order valence-corrected chi connectivity index (χ2v) is 8.71. The van der Waals surface area contributed by atoms with Crippen LogP contribution in [0.5, 0.6) is 0 Å². The highest BCUT2D eigenvalue weighted by molar-refractivity contribution is 7.09. The van der Waals surface area contributed by atoms with Gasteiger partial charge in [0.2, 0.25) is 5.91 Å². The van der Waals surface area contributed by atoms with Gasteiger partial charge in [0.1, 0.15) is 5.01 Å². The molecule has 2 aromatic rings. The van der Waals surface area contributed by atoms with Crippen molar-refractivity contribution in [1.29, 1.82) is 0 Å². The van der Waals surface area contributed by atoms with Crippen molar-refractivity contribution in [2.75, 3.05) is 20.1 Å². The monoisotopic (exact) mass is 455 g/mol. The number of hydrogen-bond acceptors (Lipinski definition) is 5. The molecular formula is C21H24F3N3O3S. The molecule has 1 spiro atoms. The summed E-state index contributed by atoms with van der Waals surface area (Å²) < 4.78 is 31.7. The molecule has 168 valence electrons. The van der Waals surface area contributed by atoms with Gasteiger partial charge in [0.05, 0.1) is 12.1 Å². The Morgan fingerprint density at radius 1 is 1.26 bits per heavy atom. The molecule has 10 heteroatoms. The van der Waals surface area contributed by atoms with Gasteiger partial charge in [-0.25, -0.2) is 9.78 Å². The number of carbonyl (C=O) groups is 2. The quantitative estimate of drug-likeness (QED) is 0.763. The second-order valence-electron chi connectivity index (χ2n) is 7.73. The minimum atomic E-state index is -5.08. The predicted molar refractivity (Wildman–Crippen MR) is 110 cm³/mol. The van der Waals surface area contributed by atoms with Crippen LogP contribution in [0.1, 0.15) is 35.8 Å². The molecule has 1 atom stereocenters. The first kappa shape index (κ1) is 23.2. The first-order valence-corrected chi connectivity index (χ1v) is 10.7. The molecule has 0 radical (unpaired) electrons. The van der Waals surface area contributed by atoms with Gasteiger partial charge in [-0.3, -0.25) is 9.69 Å². The largest absolute Gasteiger partial charge is 0.490 e. The first-order chi connectivity index (χ1) is 14.6. The maximum atomic E-state index is 12.5. The van der Waals surface area contributed by atoms with Gasteiger partial charge in [-0.1, -0.05) is 30.3 Å². The van der Waals surface area contributed by atoms with E-state index < -0.39 is 12.1 Å². The molecule has 4 rings (SSSR count). The Morgan fingerprint density at radius 2 is 1.87 bits per heavy atom. The van der Waals surface area contributed by atoms with Gasteiger partial charge in [-0.05, 0) is 18.4 Å². The zero-order valence-electron chi connectivity index (χ0n) is 17.0. The molecule has 1 amide bonds. The van der Waals surface area contributed by atoms with Gasteiger partial charge in [-0.2, -0.15) is 13.2 Å². The lowest BCUT2D eigenvalue weighted by Gasteiger charge is -2.46. The predicted octanol–water partition coefficient (Wildman–Crippen LogP) is 3.76. The van der Waals surface area contributed by atoms with Crippen LogP contribution in [0.2, 0.25) is 0 Å². The van der Waals surface area contributed by atoms with E-state index in [2.05, 4.69) is 34.1 Å². The van der Waals surface area contributed by atoms with Crippen molar-refractivity contribution < 1.29 is 27.9 Å². The summed E-state index contributed by atoms with van der Waals surface area (Å²) in [5, 5.41) is 10.3. The summed E-state index contributed by atoms with van der Waals surface area (Å²) in [6.45, 7) is 2.99. The fourth-order valence-electron chi connectivity index (χ4n) is 4.40. The topological polar surface area (TPSA) is 73.7 Å². The smallest absolute Gasteiger partial charge is 0.475 e. The number of hydrogen-bond donors (Lipinski definition) is 1. The highest BCUT2D eigenvalue weighted by Crippen LogP contribution is 2.48. The Morgan fingerprint density at radius 3 is 2.39 bits per heavy atom. The molecular weight excluding hydrogens is 431 g/mol. The number of amides is 1. The van der Waals surface area contributed by atoms with Crippen molar-refractivity contribution in [1.82, 2.24) is 14.8 Å². The van der Waals surface area contributed by atoms with E-state index in [0.717, 1.165) is 32.5 Å². The number of carbonyl (C=O) groups excluding carboxylic acids is 1. The molecule has 1 aromatic carbocycles. The van der Waals surface area contributed by atoms with Crippen molar-refractivity contribution in [3.8, 4) is 0 Å². The van der Waals surface area contributed by atoms with Crippen LogP contribution in [-0.4, -0.2) is 63.6 Å². The summed E-state index contributed by atoms with van der Waals surface area (Å²) in [4.78, 5) is 30.3. The third kappa shape index (κ3) is 5.24. The molecule has 1 unspecified atom stereocenters. The first-order valence-electron chi connectivity index (χ1n) is 9.86. The van der Waals surface area contributed by atoms with Crippen LogP contribution in [0.3, 0.4) is 0 Å².